The second-order valence-electron chi connectivity index (χ2n) is 8.85. The van der Waals surface area contributed by atoms with E-state index in [1.54, 1.807) is 18.5 Å². The summed E-state index contributed by atoms with van der Waals surface area (Å²) in [6.45, 7) is 5.57. The van der Waals surface area contributed by atoms with E-state index in [9.17, 15) is 10.1 Å². The van der Waals surface area contributed by atoms with Gasteiger partial charge in [-0.2, -0.15) is 5.26 Å². The van der Waals surface area contributed by atoms with Crippen LogP contribution in [0.25, 0.3) is 22.6 Å². The van der Waals surface area contributed by atoms with Gasteiger partial charge in [0, 0.05) is 24.3 Å². The lowest BCUT2D eigenvalue weighted by Crippen LogP contribution is -2.41. The molecule has 0 bridgehead atoms. The molecule has 0 aromatic carbocycles. The van der Waals surface area contributed by atoms with Gasteiger partial charge in [0.1, 0.15) is 23.1 Å². The summed E-state index contributed by atoms with van der Waals surface area (Å²) >= 11 is 0. The van der Waals surface area contributed by atoms with E-state index < -0.39 is 5.60 Å². The highest BCUT2D eigenvalue weighted by molar-refractivity contribution is 5.80. The van der Waals surface area contributed by atoms with Gasteiger partial charge in [-0.15, -0.1) is 0 Å². The molecule has 0 radical (unpaired) electrons. The zero-order valence-electron chi connectivity index (χ0n) is 18.0. The van der Waals surface area contributed by atoms with Gasteiger partial charge in [-0.25, -0.2) is 14.8 Å². The van der Waals surface area contributed by atoms with Gasteiger partial charge in [0.25, 0.3) is 0 Å². The molecule has 2 atom stereocenters. The SMILES string of the molecule is CC(C)(C)OC(=O)NC1CCCC(n2c(-c3ccccn3)nc3cc(C#N)ncc32)C1. The summed E-state index contributed by atoms with van der Waals surface area (Å²) in [4.78, 5) is 25.8. The summed E-state index contributed by atoms with van der Waals surface area (Å²) in [7, 11) is 0. The van der Waals surface area contributed by atoms with Gasteiger partial charge in [0.2, 0.25) is 0 Å². The van der Waals surface area contributed by atoms with Gasteiger partial charge in [0.15, 0.2) is 5.82 Å². The normalized spacial score (nSPS) is 19.0. The molecule has 8 heteroatoms. The number of nitriles is 1. The lowest BCUT2D eigenvalue weighted by atomic mass is 9.90. The van der Waals surface area contributed by atoms with Crippen LogP contribution < -0.4 is 5.32 Å². The fraction of sp³-hybridized carbons (Fsp3) is 0.435. The van der Waals surface area contributed by atoms with Crippen LogP contribution in [0.15, 0.2) is 36.7 Å². The van der Waals surface area contributed by atoms with E-state index in [0.29, 0.717) is 5.69 Å². The van der Waals surface area contributed by atoms with Crippen LogP contribution in [0.5, 0.6) is 0 Å². The first-order chi connectivity index (χ1) is 14.8. The van der Waals surface area contributed by atoms with Crippen molar-refractivity contribution in [1.82, 2.24) is 24.8 Å². The fourth-order valence-electron chi connectivity index (χ4n) is 4.11. The molecule has 1 aliphatic carbocycles. The number of hydrogen-bond donors (Lipinski definition) is 1. The number of nitrogens with one attached hydrogen (secondary N) is 1. The Kier molecular flexibility index (Phi) is 5.59. The molecule has 0 saturated heterocycles. The first kappa shape index (κ1) is 20.8. The topological polar surface area (TPSA) is 106 Å². The summed E-state index contributed by atoms with van der Waals surface area (Å²) < 4.78 is 7.60. The monoisotopic (exact) mass is 418 g/mol. The molecule has 4 rings (SSSR count). The Morgan fingerprint density at radius 1 is 1.29 bits per heavy atom. The van der Waals surface area contributed by atoms with Crippen LogP contribution in [-0.2, 0) is 4.74 Å². The highest BCUT2D eigenvalue weighted by Crippen LogP contribution is 2.35. The molecular formula is C23H26N6O2. The van der Waals surface area contributed by atoms with E-state index in [-0.39, 0.29) is 18.2 Å². The maximum absolute atomic E-state index is 12.3. The molecule has 8 nitrogen and oxygen atoms in total. The second kappa shape index (κ2) is 8.34. The van der Waals surface area contributed by atoms with Crippen LogP contribution in [0.4, 0.5) is 4.79 Å². The van der Waals surface area contributed by atoms with E-state index in [1.807, 2.05) is 39.0 Å². The Morgan fingerprint density at radius 2 is 2.13 bits per heavy atom. The van der Waals surface area contributed by atoms with Crippen molar-refractivity contribution in [3.05, 3.63) is 42.4 Å². The van der Waals surface area contributed by atoms with Crippen LogP contribution in [0.2, 0.25) is 0 Å². The molecule has 31 heavy (non-hydrogen) atoms. The van der Waals surface area contributed by atoms with Crippen LogP contribution >= 0.6 is 0 Å². The summed E-state index contributed by atoms with van der Waals surface area (Å²) in [6, 6.07) is 9.63. The van der Waals surface area contributed by atoms with Crippen molar-refractivity contribution in [2.75, 3.05) is 0 Å². The molecule has 3 aromatic rings. The molecule has 160 valence electrons. The fourth-order valence-corrected chi connectivity index (χ4v) is 4.11. The van der Waals surface area contributed by atoms with E-state index in [4.69, 9.17) is 9.72 Å². The Hall–Kier alpha value is -3.47. The standard InChI is InChI=1S/C23H26N6O2/c1-23(2,3)31-22(30)27-15-7-6-8-17(11-15)29-20-14-26-16(13-24)12-19(20)28-21(29)18-9-4-5-10-25-18/h4-5,9-10,12,14-15,17H,6-8,11H2,1-3H3,(H,27,30). The lowest BCUT2D eigenvalue weighted by molar-refractivity contribution is 0.0486. The lowest BCUT2D eigenvalue weighted by Gasteiger charge is -2.32. The Balaban J connectivity index is 1.67. The number of pyridine rings is 2. The molecular weight excluding hydrogens is 392 g/mol. The largest absolute Gasteiger partial charge is 0.444 e. The van der Waals surface area contributed by atoms with Crippen molar-refractivity contribution in [3.63, 3.8) is 0 Å². The minimum atomic E-state index is -0.533. The maximum Gasteiger partial charge on any atom is 0.407 e. The van der Waals surface area contributed by atoms with Crippen LogP contribution in [0, 0.1) is 11.3 Å². The molecule has 3 heterocycles. The number of amides is 1. The number of carbonyl (C=O) groups excluding carboxylic acids is 1. The zero-order chi connectivity index (χ0) is 22.0. The number of imidazole rings is 1. The van der Waals surface area contributed by atoms with Crippen molar-refractivity contribution < 1.29 is 9.53 Å². The number of hydrogen-bond acceptors (Lipinski definition) is 6. The quantitative estimate of drug-likeness (QED) is 0.677. The van der Waals surface area contributed by atoms with E-state index in [1.165, 1.54) is 0 Å². The number of carbonyl (C=O) groups is 1. The molecule has 1 fully saturated rings. The molecule has 0 spiro atoms. The summed E-state index contributed by atoms with van der Waals surface area (Å²) in [5, 5.41) is 12.3. The maximum atomic E-state index is 12.3. The van der Waals surface area contributed by atoms with Crippen LogP contribution in [-0.4, -0.2) is 37.3 Å². The second-order valence-corrected chi connectivity index (χ2v) is 8.85. The summed E-state index contributed by atoms with van der Waals surface area (Å²) in [5.74, 6) is 0.746. The summed E-state index contributed by atoms with van der Waals surface area (Å²) in [6.07, 6.45) is 6.64. The van der Waals surface area contributed by atoms with E-state index >= 15 is 0 Å². The zero-order valence-corrected chi connectivity index (χ0v) is 18.0. The number of alkyl carbamates (subject to hydrolysis) is 1. The van der Waals surface area contributed by atoms with Gasteiger partial charge in [-0.3, -0.25) is 4.98 Å². The van der Waals surface area contributed by atoms with Crippen LogP contribution in [0.3, 0.4) is 0 Å². The van der Waals surface area contributed by atoms with Gasteiger partial charge < -0.3 is 14.6 Å². The number of aromatic nitrogens is 4. The minimum Gasteiger partial charge on any atom is -0.444 e. The average Bonchev–Trinajstić information content (AvgIpc) is 3.11. The van der Waals surface area contributed by atoms with E-state index in [2.05, 4.69) is 25.9 Å². The van der Waals surface area contributed by atoms with Crippen molar-refractivity contribution in [3.8, 4) is 17.6 Å². The number of ether oxygens (including phenoxy) is 1. The van der Waals surface area contributed by atoms with Crippen molar-refractivity contribution in [2.24, 2.45) is 0 Å². The molecule has 3 aromatic heterocycles. The molecule has 1 amide bonds. The van der Waals surface area contributed by atoms with Gasteiger partial charge in [-0.05, 0) is 58.6 Å². The third kappa shape index (κ3) is 4.66. The van der Waals surface area contributed by atoms with Crippen molar-refractivity contribution in [2.45, 2.75) is 64.1 Å². The predicted molar refractivity (Wildman–Crippen MR) is 116 cm³/mol. The molecule has 1 N–H and O–H groups in total. The highest BCUT2D eigenvalue weighted by Gasteiger charge is 2.29. The average molecular weight is 419 g/mol. The number of fused-ring (bicyclic) bond motifs is 1. The summed E-state index contributed by atoms with van der Waals surface area (Å²) in [5.41, 5.74) is 2.14. The Morgan fingerprint density at radius 3 is 2.84 bits per heavy atom. The Labute approximate surface area is 181 Å². The Bertz CT molecular complexity index is 1130. The molecule has 2 unspecified atom stereocenters. The first-order valence-electron chi connectivity index (χ1n) is 10.5. The third-order valence-corrected chi connectivity index (χ3v) is 5.32. The number of nitrogens with zero attached hydrogens (tertiary/aromatic N) is 5. The minimum absolute atomic E-state index is 0.00831. The first-order valence-corrected chi connectivity index (χ1v) is 10.5. The van der Waals surface area contributed by atoms with Crippen molar-refractivity contribution in [1.29, 1.82) is 5.26 Å². The third-order valence-electron chi connectivity index (χ3n) is 5.32. The number of rotatable bonds is 3. The van der Waals surface area contributed by atoms with Crippen LogP contribution in [0.1, 0.15) is 58.2 Å². The molecule has 1 saturated carbocycles. The smallest absolute Gasteiger partial charge is 0.407 e. The molecule has 1 aliphatic rings. The molecule has 0 aliphatic heterocycles. The van der Waals surface area contributed by atoms with Gasteiger partial charge in [-0.1, -0.05) is 6.07 Å². The highest BCUT2D eigenvalue weighted by atomic mass is 16.6. The predicted octanol–water partition coefficient (Wildman–Crippen LogP) is 4.37. The van der Waals surface area contributed by atoms with Gasteiger partial charge in [0.05, 0.1) is 17.2 Å². The van der Waals surface area contributed by atoms with E-state index in [0.717, 1.165) is 48.2 Å². The van der Waals surface area contributed by atoms with Crippen molar-refractivity contribution >= 4 is 17.1 Å². The van der Waals surface area contributed by atoms with Gasteiger partial charge >= 0.3 is 6.09 Å².